The van der Waals surface area contributed by atoms with Gasteiger partial charge in [-0.25, -0.2) is 4.39 Å². The Balaban J connectivity index is 1.54. The summed E-state index contributed by atoms with van der Waals surface area (Å²) < 4.78 is 14.8. The Morgan fingerprint density at radius 3 is 2.84 bits per heavy atom. The molecular weight excluding hydrogens is 401 g/mol. The summed E-state index contributed by atoms with van der Waals surface area (Å²) in [5.41, 5.74) is 7.31. The second-order valence-corrected chi connectivity index (χ2v) is 7.98. The lowest BCUT2D eigenvalue weighted by molar-refractivity contribution is 0.0338. The molecule has 3 atom stereocenters. The third-order valence-electron chi connectivity index (χ3n) is 5.62. The molecule has 31 heavy (non-hydrogen) atoms. The molecule has 2 aliphatic heterocycles. The van der Waals surface area contributed by atoms with Crippen molar-refractivity contribution in [1.29, 1.82) is 5.26 Å². The lowest BCUT2D eigenvalue weighted by Crippen LogP contribution is -2.44. The average Bonchev–Trinajstić information content (AvgIpc) is 3.36. The van der Waals surface area contributed by atoms with Crippen LogP contribution in [0.1, 0.15) is 36.2 Å². The number of nitrogens with one attached hydrogen (secondary N) is 1. The summed E-state index contributed by atoms with van der Waals surface area (Å²) >= 11 is 0. The third kappa shape index (κ3) is 4.67. The molecule has 1 aromatic carbocycles. The first-order valence-corrected chi connectivity index (χ1v) is 10.2. The number of nitrogens with two attached hydrogens (primary N) is 1. The van der Waals surface area contributed by atoms with Crippen molar-refractivity contribution < 1.29 is 14.0 Å². The number of carbonyl (C=O) groups is 1. The number of likely N-dealkylation sites (tertiary alicyclic amines) is 1. The molecule has 0 radical (unpaired) electrons. The topological polar surface area (TPSA) is 122 Å². The zero-order valence-corrected chi connectivity index (χ0v) is 17.2. The molecular formula is C21H24FN7O2. The van der Waals surface area contributed by atoms with Gasteiger partial charge < -0.3 is 15.9 Å². The monoisotopic (exact) mass is 425 g/mol. The lowest BCUT2D eigenvalue weighted by atomic mass is 9.92. The Bertz CT molecular complexity index is 1030. The molecule has 162 valence electrons. The van der Waals surface area contributed by atoms with Crippen LogP contribution in [0.3, 0.4) is 0 Å². The fourth-order valence-corrected chi connectivity index (χ4v) is 4.04. The smallest absolute Gasteiger partial charge is 0.254 e. The number of hydrogen-bond acceptors (Lipinski definition) is 7. The summed E-state index contributed by atoms with van der Waals surface area (Å²) in [5.74, 6) is -0.977. The maximum absolute atomic E-state index is 13.2. The standard InChI is InChI=1S/C21H24FN7O2/c1-13-8-17(31-27-13)10-28-7-6-14(9-23)19(12-28)29-11-18(20(24)30)21(26-29)25-16-4-2-15(22)3-5-16/h2-5,11,14,17,19H,6-8,10,12H2,1H3,(H2,24,30)(H,25,26). The highest BCUT2D eigenvalue weighted by Crippen LogP contribution is 2.30. The van der Waals surface area contributed by atoms with E-state index in [1.165, 1.54) is 12.1 Å². The minimum atomic E-state index is -0.635. The maximum atomic E-state index is 13.2. The summed E-state index contributed by atoms with van der Waals surface area (Å²) in [7, 11) is 0. The number of benzene rings is 1. The van der Waals surface area contributed by atoms with Gasteiger partial charge in [-0.1, -0.05) is 5.16 Å². The zero-order valence-electron chi connectivity index (χ0n) is 17.2. The van der Waals surface area contributed by atoms with Crippen LogP contribution in [0.5, 0.6) is 0 Å². The highest BCUT2D eigenvalue weighted by Gasteiger charge is 2.34. The van der Waals surface area contributed by atoms with Gasteiger partial charge in [-0.2, -0.15) is 10.4 Å². The molecule has 0 bridgehead atoms. The van der Waals surface area contributed by atoms with Gasteiger partial charge in [0.1, 0.15) is 17.5 Å². The first-order chi connectivity index (χ1) is 14.9. The summed E-state index contributed by atoms with van der Waals surface area (Å²) in [4.78, 5) is 19.7. The molecule has 10 heteroatoms. The number of halogens is 1. The van der Waals surface area contributed by atoms with Gasteiger partial charge in [0.05, 0.1) is 23.7 Å². The lowest BCUT2D eigenvalue weighted by Gasteiger charge is -2.36. The second-order valence-electron chi connectivity index (χ2n) is 7.98. The van der Waals surface area contributed by atoms with Gasteiger partial charge in [0.15, 0.2) is 5.82 Å². The second kappa shape index (κ2) is 8.73. The van der Waals surface area contributed by atoms with Crippen molar-refractivity contribution in [3.8, 4) is 6.07 Å². The van der Waals surface area contributed by atoms with Crippen LogP contribution in [-0.4, -0.2) is 52.0 Å². The zero-order chi connectivity index (χ0) is 22.0. The van der Waals surface area contributed by atoms with Crippen LogP contribution in [0, 0.1) is 23.1 Å². The molecule has 1 saturated heterocycles. The van der Waals surface area contributed by atoms with Gasteiger partial charge in [-0.05, 0) is 44.2 Å². The Morgan fingerprint density at radius 1 is 1.42 bits per heavy atom. The van der Waals surface area contributed by atoms with E-state index in [0.717, 1.165) is 18.7 Å². The molecule has 1 aromatic heterocycles. The van der Waals surface area contributed by atoms with E-state index in [4.69, 9.17) is 10.6 Å². The van der Waals surface area contributed by atoms with Crippen LogP contribution in [0.15, 0.2) is 35.6 Å². The molecule has 2 aromatic rings. The Labute approximate surface area is 179 Å². The molecule has 0 spiro atoms. The Kier molecular flexibility index (Phi) is 5.86. The molecule has 2 aliphatic rings. The van der Waals surface area contributed by atoms with E-state index < -0.39 is 5.91 Å². The summed E-state index contributed by atoms with van der Waals surface area (Å²) in [6, 6.07) is 7.84. The molecule has 3 heterocycles. The molecule has 4 rings (SSSR count). The summed E-state index contributed by atoms with van der Waals surface area (Å²) in [5, 5.41) is 21.2. The number of nitriles is 1. The number of aromatic nitrogens is 2. The van der Waals surface area contributed by atoms with Crippen molar-refractivity contribution in [1.82, 2.24) is 14.7 Å². The first-order valence-electron chi connectivity index (χ1n) is 10.2. The van der Waals surface area contributed by atoms with E-state index in [1.807, 2.05) is 6.92 Å². The van der Waals surface area contributed by atoms with Crippen LogP contribution in [0.25, 0.3) is 0 Å². The number of amides is 1. The number of oxime groups is 1. The number of piperidine rings is 1. The van der Waals surface area contributed by atoms with Crippen LogP contribution >= 0.6 is 0 Å². The van der Waals surface area contributed by atoms with Gasteiger partial charge in [-0.15, -0.1) is 0 Å². The largest absolute Gasteiger partial charge is 0.391 e. The number of primary amides is 1. The number of rotatable bonds is 6. The van der Waals surface area contributed by atoms with Crippen LogP contribution in [0.2, 0.25) is 0 Å². The van der Waals surface area contributed by atoms with Crippen molar-refractivity contribution in [3.63, 3.8) is 0 Å². The fraction of sp³-hybridized carbons (Fsp3) is 0.429. The molecule has 0 aliphatic carbocycles. The fourth-order valence-electron chi connectivity index (χ4n) is 4.04. The molecule has 0 saturated carbocycles. The molecule has 3 N–H and O–H groups in total. The van der Waals surface area contributed by atoms with E-state index in [-0.39, 0.29) is 35.3 Å². The van der Waals surface area contributed by atoms with Crippen molar-refractivity contribution in [2.45, 2.75) is 31.9 Å². The quantitative estimate of drug-likeness (QED) is 0.733. The number of hydrogen-bond donors (Lipinski definition) is 2. The van der Waals surface area contributed by atoms with Crippen molar-refractivity contribution in [2.75, 3.05) is 25.0 Å². The van der Waals surface area contributed by atoms with Gasteiger partial charge in [-0.3, -0.25) is 14.4 Å². The van der Waals surface area contributed by atoms with Crippen LogP contribution in [-0.2, 0) is 4.84 Å². The minimum absolute atomic E-state index is 0.00814. The molecule has 1 fully saturated rings. The summed E-state index contributed by atoms with van der Waals surface area (Å²) in [6.45, 7) is 4.01. The van der Waals surface area contributed by atoms with E-state index in [2.05, 4.69) is 26.5 Å². The van der Waals surface area contributed by atoms with Crippen molar-refractivity contribution >= 4 is 23.1 Å². The van der Waals surface area contributed by atoms with E-state index in [0.29, 0.717) is 25.2 Å². The van der Waals surface area contributed by atoms with Gasteiger partial charge in [0.2, 0.25) is 0 Å². The van der Waals surface area contributed by atoms with Crippen LogP contribution < -0.4 is 11.1 Å². The number of carbonyl (C=O) groups excluding carboxylic acids is 1. The number of nitrogens with zero attached hydrogens (tertiary/aromatic N) is 5. The van der Waals surface area contributed by atoms with E-state index in [9.17, 15) is 14.4 Å². The van der Waals surface area contributed by atoms with E-state index in [1.54, 1.807) is 23.0 Å². The predicted octanol–water partition coefficient (Wildman–Crippen LogP) is 2.42. The SMILES string of the molecule is CC1=NOC(CN2CCC(C#N)C(n3cc(C(N)=O)c(Nc4ccc(F)cc4)n3)C2)C1. The molecule has 3 unspecified atom stereocenters. The Morgan fingerprint density at radius 2 is 2.19 bits per heavy atom. The maximum Gasteiger partial charge on any atom is 0.254 e. The normalized spacial score (nSPS) is 23.6. The van der Waals surface area contributed by atoms with Crippen molar-refractivity contribution in [3.05, 3.63) is 41.8 Å². The van der Waals surface area contributed by atoms with Crippen molar-refractivity contribution in [2.24, 2.45) is 16.8 Å². The molecule has 1 amide bonds. The first kappa shape index (κ1) is 20.8. The predicted molar refractivity (Wildman–Crippen MR) is 112 cm³/mol. The highest BCUT2D eigenvalue weighted by molar-refractivity contribution is 5.98. The summed E-state index contributed by atoms with van der Waals surface area (Å²) in [6.07, 6.45) is 3.06. The van der Waals surface area contributed by atoms with Gasteiger partial charge >= 0.3 is 0 Å². The number of anilines is 2. The minimum Gasteiger partial charge on any atom is -0.391 e. The highest BCUT2D eigenvalue weighted by atomic mass is 19.1. The molecule has 9 nitrogen and oxygen atoms in total. The van der Waals surface area contributed by atoms with Gasteiger partial charge in [0.25, 0.3) is 5.91 Å². The van der Waals surface area contributed by atoms with Crippen LogP contribution in [0.4, 0.5) is 15.9 Å². The van der Waals surface area contributed by atoms with E-state index >= 15 is 0 Å². The van der Waals surface area contributed by atoms with Gasteiger partial charge in [0, 0.05) is 31.4 Å². The third-order valence-corrected chi connectivity index (χ3v) is 5.62. The Hall–Kier alpha value is -3.45. The average molecular weight is 425 g/mol.